The number of nitrogens with one attached hydrogen (secondary N) is 1. The van der Waals surface area contributed by atoms with Crippen molar-refractivity contribution >= 4 is 23.3 Å². The highest BCUT2D eigenvalue weighted by Gasteiger charge is 2.34. The summed E-state index contributed by atoms with van der Waals surface area (Å²) in [6, 6.07) is 0.206. The van der Waals surface area contributed by atoms with Crippen LogP contribution < -0.4 is 10.2 Å². The van der Waals surface area contributed by atoms with Crippen LogP contribution in [0.4, 0.5) is 10.2 Å². The number of hydrogen-bond donors (Lipinski definition) is 1. The molecular weight excluding hydrogens is 271 g/mol. The molecule has 0 radical (unpaired) electrons. The number of rotatable bonds is 1. The zero-order valence-corrected chi connectivity index (χ0v) is 11.0. The summed E-state index contributed by atoms with van der Waals surface area (Å²) in [5, 5.41) is 3.05. The van der Waals surface area contributed by atoms with Crippen LogP contribution in [0.5, 0.6) is 0 Å². The topological polar surface area (TPSA) is 58.1 Å². The van der Waals surface area contributed by atoms with Crippen LogP contribution in [0.1, 0.15) is 19.3 Å². The van der Waals surface area contributed by atoms with Gasteiger partial charge in [-0.2, -0.15) is 4.98 Å². The van der Waals surface area contributed by atoms with Crippen molar-refractivity contribution in [2.75, 3.05) is 18.0 Å². The van der Waals surface area contributed by atoms with Gasteiger partial charge in [0.05, 0.1) is 6.20 Å². The zero-order chi connectivity index (χ0) is 13.4. The van der Waals surface area contributed by atoms with Crippen molar-refractivity contribution in [2.45, 2.75) is 25.3 Å². The Kier molecular flexibility index (Phi) is 3.26. The Morgan fingerprint density at radius 1 is 1.47 bits per heavy atom. The Hall–Kier alpha value is -1.43. The third-order valence-corrected chi connectivity index (χ3v) is 4.00. The number of piperidine rings is 2. The molecule has 0 bridgehead atoms. The number of carbonyl (C=O) groups is 1. The predicted molar refractivity (Wildman–Crippen MR) is 68.5 cm³/mol. The van der Waals surface area contributed by atoms with Crippen molar-refractivity contribution in [3.8, 4) is 0 Å². The second kappa shape index (κ2) is 4.92. The van der Waals surface area contributed by atoms with Crippen LogP contribution in [0.2, 0.25) is 5.28 Å². The summed E-state index contributed by atoms with van der Waals surface area (Å²) in [5.74, 6) is 0.267. The van der Waals surface area contributed by atoms with E-state index in [9.17, 15) is 9.18 Å². The molecule has 2 unspecified atom stereocenters. The molecule has 3 heterocycles. The Morgan fingerprint density at radius 2 is 2.32 bits per heavy atom. The van der Waals surface area contributed by atoms with Crippen molar-refractivity contribution in [3.63, 3.8) is 0 Å². The van der Waals surface area contributed by atoms with Crippen LogP contribution in [0.3, 0.4) is 0 Å². The lowest BCUT2D eigenvalue weighted by molar-refractivity contribution is -0.124. The summed E-state index contributed by atoms with van der Waals surface area (Å²) in [6.45, 7) is 1.35. The van der Waals surface area contributed by atoms with Gasteiger partial charge < -0.3 is 10.2 Å². The van der Waals surface area contributed by atoms with Gasteiger partial charge in [-0.05, 0) is 30.4 Å². The molecule has 102 valence electrons. The molecule has 1 aromatic heterocycles. The summed E-state index contributed by atoms with van der Waals surface area (Å²) in [5.41, 5.74) is 0. The van der Waals surface area contributed by atoms with E-state index in [4.69, 9.17) is 11.6 Å². The molecule has 7 heteroatoms. The standard InChI is InChI=1S/C12H14ClFN4O/c13-12-15-5-8(14)11(17-12)18-4-3-9-7(6-18)1-2-10(19)16-9/h5,7,9H,1-4,6H2,(H,16,19). The van der Waals surface area contributed by atoms with Crippen molar-refractivity contribution in [2.24, 2.45) is 5.92 Å². The van der Waals surface area contributed by atoms with Gasteiger partial charge in [-0.25, -0.2) is 9.37 Å². The zero-order valence-electron chi connectivity index (χ0n) is 10.3. The molecule has 5 nitrogen and oxygen atoms in total. The fraction of sp³-hybridized carbons (Fsp3) is 0.583. The summed E-state index contributed by atoms with van der Waals surface area (Å²) < 4.78 is 13.7. The van der Waals surface area contributed by atoms with E-state index in [0.29, 0.717) is 25.4 Å². The second-order valence-electron chi connectivity index (χ2n) is 5.02. The van der Waals surface area contributed by atoms with Gasteiger partial charge in [0.25, 0.3) is 0 Å². The molecular formula is C12H14ClFN4O. The Labute approximate surface area is 115 Å². The third-order valence-electron chi connectivity index (χ3n) is 3.82. The summed E-state index contributed by atoms with van der Waals surface area (Å²) in [6.07, 6.45) is 3.28. The normalized spacial score (nSPS) is 26.8. The maximum Gasteiger partial charge on any atom is 0.224 e. The van der Waals surface area contributed by atoms with Crippen LogP contribution in [-0.4, -0.2) is 35.0 Å². The average Bonchev–Trinajstić information content (AvgIpc) is 2.41. The van der Waals surface area contributed by atoms with Crippen LogP contribution in [-0.2, 0) is 4.79 Å². The molecule has 1 N–H and O–H groups in total. The summed E-state index contributed by atoms with van der Waals surface area (Å²) >= 11 is 5.72. The molecule has 0 saturated carbocycles. The molecule has 0 spiro atoms. The van der Waals surface area contributed by atoms with Crippen molar-refractivity contribution in [1.82, 2.24) is 15.3 Å². The minimum Gasteiger partial charge on any atom is -0.354 e. The van der Waals surface area contributed by atoms with Crippen LogP contribution in [0, 0.1) is 11.7 Å². The van der Waals surface area contributed by atoms with Gasteiger partial charge in [0.15, 0.2) is 11.6 Å². The Bertz CT molecular complexity index is 513. The Balaban J connectivity index is 1.77. The fourth-order valence-electron chi connectivity index (χ4n) is 2.86. The lowest BCUT2D eigenvalue weighted by Crippen LogP contribution is -2.54. The van der Waals surface area contributed by atoms with Gasteiger partial charge in [0.1, 0.15) is 0 Å². The van der Waals surface area contributed by atoms with Gasteiger partial charge in [-0.3, -0.25) is 4.79 Å². The third kappa shape index (κ3) is 2.49. The summed E-state index contributed by atoms with van der Waals surface area (Å²) in [4.78, 5) is 20.8. The quantitative estimate of drug-likeness (QED) is 0.792. The van der Waals surface area contributed by atoms with Gasteiger partial charge in [-0.1, -0.05) is 0 Å². The highest BCUT2D eigenvalue weighted by molar-refractivity contribution is 6.28. The number of halogens is 2. The number of aromatic nitrogens is 2. The van der Waals surface area contributed by atoms with Gasteiger partial charge in [0.2, 0.25) is 11.2 Å². The van der Waals surface area contributed by atoms with Gasteiger partial charge in [-0.15, -0.1) is 0 Å². The van der Waals surface area contributed by atoms with Crippen LogP contribution in [0.15, 0.2) is 6.20 Å². The number of fused-ring (bicyclic) bond motifs is 1. The van der Waals surface area contributed by atoms with E-state index in [2.05, 4.69) is 15.3 Å². The smallest absolute Gasteiger partial charge is 0.224 e. The maximum atomic E-state index is 13.7. The minimum atomic E-state index is -0.456. The SMILES string of the molecule is O=C1CCC2CN(c3nc(Cl)ncc3F)CCC2N1. The number of carbonyl (C=O) groups excluding carboxylic acids is 1. The van der Waals surface area contributed by atoms with Crippen molar-refractivity contribution in [1.29, 1.82) is 0 Å². The lowest BCUT2D eigenvalue weighted by atomic mass is 9.85. The highest BCUT2D eigenvalue weighted by atomic mass is 35.5. The Morgan fingerprint density at radius 3 is 3.16 bits per heavy atom. The van der Waals surface area contributed by atoms with E-state index in [0.717, 1.165) is 19.0 Å². The number of anilines is 1. The molecule has 2 saturated heterocycles. The lowest BCUT2D eigenvalue weighted by Gasteiger charge is -2.41. The van der Waals surface area contributed by atoms with Crippen LogP contribution in [0.25, 0.3) is 0 Å². The largest absolute Gasteiger partial charge is 0.354 e. The molecule has 3 rings (SSSR count). The average molecular weight is 285 g/mol. The molecule has 0 aliphatic carbocycles. The first-order valence-corrected chi connectivity index (χ1v) is 6.73. The van der Waals surface area contributed by atoms with Crippen LogP contribution >= 0.6 is 11.6 Å². The molecule has 2 fully saturated rings. The van der Waals surface area contributed by atoms with Crippen molar-refractivity contribution < 1.29 is 9.18 Å². The van der Waals surface area contributed by atoms with E-state index in [-0.39, 0.29) is 23.1 Å². The van der Waals surface area contributed by atoms with E-state index < -0.39 is 5.82 Å². The van der Waals surface area contributed by atoms with Crippen molar-refractivity contribution in [3.05, 3.63) is 17.3 Å². The number of nitrogens with zero attached hydrogens (tertiary/aromatic N) is 3. The highest BCUT2D eigenvalue weighted by Crippen LogP contribution is 2.29. The summed E-state index contributed by atoms with van der Waals surface area (Å²) in [7, 11) is 0. The molecule has 19 heavy (non-hydrogen) atoms. The molecule has 0 aromatic carbocycles. The first-order chi connectivity index (χ1) is 9.13. The maximum absolute atomic E-state index is 13.7. The second-order valence-corrected chi connectivity index (χ2v) is 5.36. The first kappa shape index (κ1) is 12.6. The molecule has 2 aliphatic rings. The number of amides is 1. The van der Waals surface area contributed by atoms with Gasteiger partial charge >= 0.3 is 0 Å². The monoisotopic (exact) mass is 284 g/mol. The molecule has 1 amide bonds. The predicted octanol–water partition coefficient (Wildman–Crippen LogP) is 1.37. The minimum absolute atomic E-state index is 0.0514. The molecule has 1 aromatic rings. The first-order valence-electron chi connectivity index (χ1n) is 6.36. The fourth-order valence-corrected chi connectivity index (χ4v) is 2.99. The number of hydrogen-bond acceptors (Lipinski definition) is 4. The van der Waals surface area contributed by atoms with Gasteiger partial charge in [0, 0.05) is 25.6 Å². The van der Waals surface area contributed by atoms with E-state index in [1.165, 1.54) is 0 Å². The van der Waals surface area contributed by atoms with E-state index in [1.54, 1.807) is 0 Å². The van der Waals surface area contributed by atoms with E-state index >= 15 is 0 Å². The molecule has 2 aliphatic heterocycles. The molecule has 2 atom stereocenters. The van der Waals surface area contributed by atoms with E-state index in [1.807, 2.05) is 4.90 Å².